The van der Waals surface area contributed by atoms with Crippen LogP contribution in [-0.4, -0.2) is 66.8 Å². The number of nitrogens with one attached hydrogen (secondary N) is 1. The van der Waals surface area contributed by atoms with Crippen LogP contribution in [0.15, 0.2) is 41.8 Å². The fourth-order valence-corrected chi connectivity index (χ4v) is 4.30. The van der Waals surface area contributed by atoms with Gasteiger partial charge in [0, 0.05) is 26.2 Å². The quantitative estimate of drug-likeness (QED) is 0.833. The Hall–Kier alpha value is -2.39. The molecule has 0 saturated carbocycles. The van der Waals surface area contributed by atoms with Crippen LogP contribution >= 0.6 is 0 Å². The molecule has 1 aliphatic rings. The fraction of sp³-hybridized carbons (Fsp3) is 0.412. The summed E-state index contributed by atoms with van der Waals surface area (Å²) in [6, 6.07) is 7.38. The highest BCUT2D eigenvalue weighted by Gasteiger charge is 2.29. The van der Waals surface area contributed by atoms with Gasteiger partial charge in [-0.1, -0.05) is 12.1 Å². The Labute approximate surface area is 152 Å². The van der Waals surface area contributed by atoms with Crippen molar-refractivity contribution in [2.75, 3.05) is 33.3 Å². The van der Waals surface area contributed by atoms with E-state index >= 15 is 0 Å². The molecular formula is C17H22N4O4S. The van der Waals surface area contributed by atoms with E-state index in [1.54, 1.807) is 12.0 Å². The summed E-state index contributed by atoms with van der Waals surface area (Å²) < 4.78 is 31.7. The van der Waals surface area contributed by atoms with E-state index in [1.165, 1.54) is 16.8 Å². The number of carbonyl (C=O) groups is 1. The molecule has 0 atom stereocenters. The number of H-pyrrole nitrogens is 1. The Kier molecular flexibility index (Phi) is 5.58. The van der Waals surface area contributed by atoms with Crippen molar-refractivity contribution in [3.63, 3.8) is 0 Å². The molecule has 2 heterocycles. The summed E-state index contributed by atoms with van der Waals surface area (Å²) in [5.41, 5.74) is 0.905. The first-order valence-electron chi connectivity index (χ1n) is 8.40. The predicted molar refractivity (Wildman–Crippen MR) is 95.2 cm³/mol. The molecular weight excluding hydrogens is 356 g/mol. The van der Waals surface area contributed by atoms with Gasteiger partial charge in [0.2, 0.25) is 5.91 Å². The highest BCUT2D eigenvalue weighted by molar-refractivity contribution is 7.89. The third-order valence-corrected chi connectivity index (χ3v) is 6.24. The smallest absolute Gasteiger partial charge is 0.260 e. The standard InChI is InChI=1S/C17H22N4O4S/c1-25-15-5-3-14(4-6-15)11-17(22)20-7-2-8-21(10-9-20)26(23,24)16-12-18-13-19-16/h3-6,12-13H,2,7-11H2,1H3,(H,18,19). The highest BCUT2D eigenvalue weighted by Crippen LogP contribution is 2.16. The van der Waals surface area contributed by atoms with Crippen molar-refractivity contribution >= 4 is 15.9 Å². The molecule has 1 N–H and O–H groups in total. The number of imidazole rings is 1. The molecule has 26 heavy (non-hydrogen) atoms. The van der Waals surface area contributed by atoms with Gasteiger partial charge < -0.3 is 14.6 Å². The number of amides is 1. The first-order valence-corrected chi connectivity index (χ1v) is 9.84. The van der Waals surface area contributed by atoms with Crippen molar-refractivity contribution in [2.24, 2.45) is 0 Å². The van der Waals surface area contributed by atoms with Gasteiger partial charge in [0.05, 0.1) is 26.1 Å². The van der Waals surface area contributed by atoms with Gasteiger partial charge in [-0.25, -0.2) is 13.4 Å². The fourth-order valence-electron chi connectivity index (χ4n) is 2.94. The van der Waals surface area contributed by atoms with E-state index in [4.69, 9.17) is 4.74 Å². The maximum Gasteiger partial charge on any atom is 0.260 e. The van der Waals surface area contributed by atoms with Crippen LogP contribution in [0, 0.1) is 0 Å². The maximum atomic E-state index is 12.6. The average Bonchev–Trinajstić information content (AvgIpc) is 3.07. The van der Waals surface area contributed by atoms with E-state index in [2.05, 4.69) is 9.97 Å². The van der Waals surface area contributed by atoms with Crippen molar-refractivity contribution in [3.8, 4) is 5.75 Å². The van der Waals surface area contributed by atoms with Gasteiger partial charge in [0.25, 0.3) is 10.0 Å². The van der Waals surface area contributed by atoms with Crippen molar-refractivity contribution in [3.05, 3.63) is 42.4 Å². The van der Waals surface area contributed by atoms with Gasteiger partial charge in [-0.2, -0.15) is 4.31 Å². The SMILES string of the molecule is COc1ccc(CC(=O)N2CCCN(S(=O)(=O)c3cnc[nH]3)CC2)cc1. The molecule has 1 aromatic heterocycles. The predicted octanol–water partition coefficient (Wildman–Crippen LogP) is 0.884. The molecule has 1 aliphatic heterocycles. The van der Waals surface area contributed by atoms with Crippen molar-refractivity contribution in [1.82, 2.24) is 19.2 Å². The zero-order valence-electron chi connectivity index (χ0n) is 14.6. The number of carbonyl (C=O) groups excluding carboxylic acids is 1. The third-order valence-electron chi connectivity index (χ3n) is 4.41. The van der Waals surface area contributed by atoms with Crippen LogP contribution < -0.4 is 4.74 Å². The monoisotopic (exact) mass is 378 g/mol. The molecule has 140 valence electrons. The number of nitrogens with zero attached hydrogens (tertiary/aromatic N) is 3. The lowest BCUT2D eigenvalue weighted by atomic mass is 10.1. The molecule has 1 aromatic carbocycles. The number of sulfonamides is 1. The molecule has 8 nitrogen and oxygen atoms in total. The Morgan fingerprint density at radius 3 is 2.62 bits per heavy atom. The van der Waals surface area contributed by atoms with E-state index in [1.807, 2.05) is 24.3 Å². The van der Waals surface area contributed by atoms with E-state index in [-0.39, 0.29) is 23.9 Å². The van der Waals surface area contributed by atoms with Crippen molar-refractivity contribution in [1.29, 1.82) is 0 Å². The lowest BCUT2D eigenvalue weighted by Crippen LogP contribution is -2.38. The number of aromatic amines is 1. The molecule has 0 aliphatic carbocycles. The summed E-state index contributed by atoms with van der Waals surface area (Å²) in [5.74, 6) is 0.742. The largest absolute Gasteiger partial charge is 0.497 e. The van der Waals surface area contributed by atoms with Crippen LogP contribution in [0.4, 0.5) is 0 Å². The summed E-state index contributed by atoms with van der Waals surface area (Å²) in [6.45, 7) is 1.58. The first kappa shape index (κ1) is 18.4. The van der Waals surface area contributed by atoms with Crippen LogP contribution in [0.1, 0.15) is 12.0 Å². The first-order chi connectivity index (χ1) is 12.5. The zero-order chi connectivity index (χ0) is 18.6. The zero-order valence-corrected chi connectivity index (χ0v) is 15.4. The normalized spacial score (nSPS) is 16.3. The van der Waals surface area contributed by atoms with E-state index < -0.39 is 10.0 Å². The van der Waals surface area contributed by atoms with E-state index in [0.717, 1.165) is 11.3 Å². The summed E-state index contributed by atoms with van der Waals surface area (Å²) >= 11 is 0. The molecule has 0 unspecified atom stereocenters. The molecule has 1 fully saturated rings. The maximum absolute atomic E-state index is 12.6. The molecule has 1 amide bonds. The van der Waals surface area contributed by atoms with Crippen LogP contribution in [0.25, 0.3) is 0 Å². The number of methoxy groups -OCH3 is 1. The molecule has 0 bridgehead atoms. The number of hydrogen-bond donors (Lipinski definition) is 1. The lowest BCUT2D eigenvalue weighted by Gasteiger charge is -2.21. The molecule has 9 heteroatoms. The molecule has 2 aromatic rings. The number of hydrogen-bond acceptors (Lipinski definition) is 5. The Morgan fingerprint density at radius 2 is 1.96 bits per heavy atom. The lowest BCUT2D eigenvalue weighted by molar-refractivity contribution is -0.130. The van der Waals surface area contributed by atoms with Crippen molar-refractivity contribution < 1.29 is 17.9 Å². The second-order valence-corrected chi connectivity index (χ2v) is 7.99. The molecule has 3 rings (SSSR count). The minimum atomic E-state index is -3.59. The van der Waals surface area contributed by atoms with E-state index in [0.29, 0.717) is 26.1 Å². The average molecular weight is 378 g/mol. The van der Waals surface area contributed by atoms with Gasteiger partial charge >= 0.3 is 0 Å². The second-order valence-electron chi connectivity index (χ2n) is 6.08. The van der Waals surface area contributed by atoms with Gasteiger partial charge in [0.1, 0.15) is 5.75 Å². The van der Waals surface area contributed by atoms with Gasteiger partial charge in [-0.3, -0.25) is 4.79 Å². The number of ether oxygens (including phenoxy) is 1. The summed E-state index contributed by atoms with van der Waals surface area (Å²) in [7, 11) is -2.00. The minimum absolute atomic E-state index is 0.00375. The Morgan fingerprint density at radius 1 is 1.19 bits per heavy atom. The molecule has 1 saturated heterocycles. The Bertz CT molecular complexity index is 834. The van der Waals surface area contributed by atoms with Crippen LogP contribution in [0.3, 0.4) is 0 Å². The summed E-state index contributed by atoms with van der Waals surface area (Å²) in [4.78, 5) is 20.7. The molecule has 0 radical (unpaired) electrons. The van der Waals surface area contributed by atoms with Gasteiger partial charge in [0.15, 0.2) is 5.03 Å². The summed E-state index contributed by atoms with van der Waals surface area (Å²) in [5, 5.41) is 0.0792. The molecule has 0 spiro atoms. The third kappa shape index (κ3) is 4.05. The van der Waals surface area contributed by atoms with Crippen molar-refractivity contribution in [2.45, 2.75) is 17.9 Å². The van der Waals surface area contributed by atoms with Gasteiger partial charge in [-0.15, -0.1) is 0 Å². The van der Waals surface area contributed by atoms with Crippen LogP contribution in [-0.2, 0) is 21.2 Å². The summed E-state index contributed by atoms with van der Waals surface area (Å²) in [6.07, 6.45) is 3.53. The number of aromatic nitrogens is 2. The Balaban J connectivity index is 1.61. The topological polar surface area (TPSA) is 95.6 Å². The minimum Gasteiger partial charge on any atom is -0.497 e. The number of benzene rings is 1. The van der Waals surface area contributed by atoms with Gasteiger partial charge in [-0.05, 0) is 24.1 Å². The van der Waals surface area contributed by atoms with Crippen LogP contribution in [0.2, 0.25) is 0 Å². The number of rotatable bonds is 5. The van der Waals surface area contributed by atoms with E-state index in [9.17, 15) is 13.2 Å². The van der Waals surface area contributed by atoms with Crippen LogP contribution in [0.5, 0.6) is 5.75 Å². The highest BCUT2D eigenvalue weighted by atomic mass is 32.2. The second kappa shape index (κ2) is 7.88.